The van der Waals surface area contributed by atoms with Crippen molar-refractivity contribution in [1.29, 1.82) is 0 Å². The molecule has 0 aromatic heterocycles. The average Bonchev–Trinajstić information content (AvgIpc) is 2.31. The second-order valence-electron chi connectivity index (χ2n) is 4.48. The molecule has 0 heterocycles. The summed E-state index contributed by atoms with van der Waals surface area (Å²) >= 11 is 13.0. The molecule has 0 aliphatic rings. The van der Waals surface area contributed by atoms with Crippen LogP contribution in [-0.4, -0.2) is 37.3 Å². The van der Waals surface area contributed by atoms with Crippen molar-refractivity contribution in [3.8, 4) is 0 Å². The number of hydrogen-bond acceptors (Lipinski definition) is 5. The van der Waals surface area contributed by atoms with Crippen molar-refractivity contribution in [3.05, 3.63) is 22.2 Å². The van der Waals surface area contributed by atoms with E-state index in [2.05, 4.69) is 5.32 Å². The van der Waals surface area contributed by atoms with Crippen LogP contribution in [0.1, 0.15) is 6.92 Å². The van der Waals surface area contributed by atoms with Gasteiger partial charge in [0, 0.05) is 17.0 Å². The summed E-state index contributed by atoms with van der Waals surface area (Å²) < 4.78 is 22.1. The summed E-state index contributed by atoms with van der Waals surface area (Å²) in [5, 5.41) is 2.83. The van der Waals surface area contributed by atoms with Gasteiger partial charge < -0.3 is 11.1 Å². The normalized spacial score (nSPS) is 13.0. The Hall–Kier alpha value is -0.630. The van der Waals surface area contributed by atoms with Crippen molar-refractivity contribution in [1.82, 2.24) is 0 Å². The summed E-state index contributed by atoms with van der Waals surface area (Å²) in [5.41, 5.74) is 6.34. The number of anilines is 2. The molecule has 0 saturated carbocycles. The number of halogens is 2. The highest BCUT2D eigenvalue weighted by molar-refractivity contribution is 8.01. The molecule has 1 unspecified atom stereocenters. The Bertz CT molecular complexity index is 612. The van der Waals surface area contributed by atoms with Crippen molar-refractivity contribution >= 4 is 62.1 Å². The molecule has 9 heteroatoms. The van der Waals surface area contributed by atoms with Gasteiger partial charge in [-0.25, -0.2) is 8.42 Å². The van der Waals surface area contributed by atoms with E-state index < -0.39 is 15.1 Å². The molecular weight excluding hydrogens is 355 g/mol. The predicted octanol–water partition coefficient (Wildman–Crippen LogP) is 2.68. The molecule has 0 aliphatic heterocycles. The Balaban J connectivity index is 2.65. The van der Waals surface area contributed by atoms with Crippen LogP contribution >= 0.6 is 35.0 Å². The van der Waals surface area contributed by atoms with Crippen LogP contribution in [-0.2, 0) is 14.6 Å². The summed E-state index contributed by atoms with van der Waals surface area (Å²) in [6.07, 6.45) is 1.16. The minimum absolute atomic E-state index is 0.0269. The monoisotopic (exact) mass is 370 g/mol. The summed E-state index contributed by atoms with van der Waals surface area (Å²) in [7, 11) is -3.03. The van der Waals surface area contributed by atoms with Gasteiger partial charge in [-0.2, -0.15) is 0 Å². The zero-order valence-corrected chi connectivity index (χ0v) is 14.7. The lowest BCUT2D eigenvalue weighted by molar-refractivity contribution is -0.115. The molecule has 118 valence electrons. The Kier molecular flexibility index (Phi) is 6.65. The number of carbonyl (C=O) groups is 1. The third-order valence-corrected chi connectivity index (χ3v) is 5.40. The van der Waals surface area contributed by atoms with E-state index in [0.29, 0.717) is 16.5 Å². The van der Waals surface area contributed by atoms with Crippen molar-refractivity contribution in [3.63, 3.8) is 0 Å². The summed E-state index contributed by atoms with van der Waals surface area (Å²) in [4.78, 5) is 12.0. The maximum Gasteiger partial charge on any atom is 0.237 e. The van der Waals surface area contributed by atoms with Crippen molar-refractivity contribution in [2.45, 2.75) is 12.2 Å². The Morgan fingerprint density at radius 2 is 2.05 bits per heavy atom. The number of rotatable bonds is 6. The average molecular weight is 371 g/mol. The zero-order chi connectivity index (χ0) is 16.2. The van der Waals surface area contributed by atoms with Gasteiger partial charge in [-0.15, -0.1) is 11.8 Å². The van der Waals surface area contributed by atoms with Gasteiger partial charge in [0.25, 0.3) is 0 Å². The number of carbonyl (C=O) groups excluding carboxylic acids is 1. The van der Waals surface area contributed by atoms with Crippen molar-refractivity contribution < 1.29 is 13.2 Å². The number of nitrogens with one attached hydrogen (secondary N) is 1. The van der Waals surface area contributed by atoms with E-state index in [-0.39, 0.29) is 22.4 Å². The van der Waals surface area contributed by atoms with Gasteiger partial charge in [0.15, 0.2) is 0 Å². The third kappa shape index (κ3) is 6.34. The van der Waals surface area contributed by atoms with Gasteiger partial charge in [-0.1, -0.05) is 23.2 Å². The van der Waals surface area contributed by atoms with E-state index in [1.807, 2.05) is 0 Å². The van der Waals surface area contributed by atoms with E-state index in [1.165, 1.54) is 23.9 Å². The van der Waals surface area contributed by atoms with Crippen LogP contribution in [0.3, 0.4) is 0 Å². The minimum atomic E-state index is -3.03. The number of hydrogen-bond donors (Lipinski definition) is 2. The molecule has 3 N–H and O–H groups in total. The quantitative estimate of drug-likeness (QED) is 0.751. The lowest BCUT2D eigenvalue weighted by Crippen LogP contribution is -2.24. The molecule has 0 bridgehead atoms. The van der Waals surface area contributed by atoms with E-state index >= 15 is 0 Å². The van der Waals surface area contributed by atoms with Gasteiger partial charge in [-0.3, -0.25) is 4.79 Å². The summed E-state index contributed by atoms with van der Waals surface area (Å²) in [6.45, 7) is 1.68. The molecule has 1 aromatic rings. The fourth-order valence-electron chi connectivity index (χ4n) is 1.40. The zero-order valence-electron chi connectivity index (χ0n) is 11.5. The first-order valence-electron chi connectivity index (χ1n) is 5.95. The highest BCUT2D eigenvalue weighted by Gasteiger charge is 2.17. The number of benzene rings is 1. The molecule has 0 spiro atoms. The molecular formula is C12H16Cl2N2O3S2. The fourth-order valence-corrected chi connectivity index (χ4v) is 4.12. The van der Waals surface area contributed by atoms with Crippen LogP contribution in [0.5, 0.6) is 0 Å². The summed E-state index contributed by atoms with van der Waals surface area (Å²) in [5.74, 6) is 0.0699. The number of nitrogen functional groups attached to an aromatic ring is 1. The molecule has 21 heavy (non-hydrogen) atoms. The van der Waals surface area contributed by atoms with E-state index in [0.717, 1.165) is 6.26 Å². The minimum Gasteiger partial charge on any atom is -0.397 e. The molecule has 0 fully saturated rings. The van der Waals surface area contributed by atoms with Crippen LogP contribution in [0.15, 0.2) is 12.1 Å². The number of thioether (sulfide) groups is 1. The number of amides is 1. The molecule has 1 rings (SSSR count). The van der Waals surface area contributed by atoms with Crippen molar-refractivity contribution in [2.24, 2.45) is 0 Å². The van der Waals surface area contributed by atoms with Gasteiger partial charge >= 0.3 is 0 Å². The lowest BCUT2D eigenvalue weighted by atomic mass is 10.2. The second-order valence-corrected chi connectivity index (χ2v) is 9.04. The van der Waals surface area contributed by atoms with Crippen LogP contribution in [0.4, 0.5) is 11.4 Å². The molecule has 1 aromatic carbocycles. The highest BCUT2D eigenvalue weighted by Crippen LogP contribution is 2.32. The molecule has 0 aliphatic carbocycles. The molecule has 1 amide bonds. The second kappa shape index (κ2) is 7.58. The third-order valence-electron chi connectivity index (χ3n) is 2.52. The van der Waals surface area contributed by atoms with Crippen LogP contribution < -0.4 is 11.1 Å². The largest absolute Gasteiger partial charge is 0.397 e. The first-order chi connectivity index (χ1) is 9.60. The fraction of sp³-hybridized carbons (Fsp3) is 0.417. The van der Waals surface area contributed by atoms with Crippen LogP contribution in [0.2, 0.25) is 10.0 Å². The molecule has 0 radical (unpaired) electrons. The Morgan fingerprint density at radius 1 is 1.43 bits per heavy atom. The first kappa shape index (κ1) is 18.4. The molecule has 1 atom stereocenters. The SMILES string of the molecule is CC(SCCS(C)(=O)=O)C(=O)Nc1c(N)cc(Cl)cc1Cl. The van der Waals surface area contributed by atoms with Gasteiger partial charge in [-0.05, 0) is 19.1 Å². The van der Waals surface area contributed by atoms with Gasteiger partial charge in [0.2, 0.25) is 5.91 Å². The van der Waals surface area contributed by atoms with Crippen molar-refractivity contribution in [2.75, 3.05) is 28.8 Å². The predicted molar refractivity (Wildman–Crippen MR) is 91.1 cm³/mol. The number of sulfone groups is 1. The van der Waals surface area contributed by atoms with Gasteiger partial charge in [0.05, 0.1) is 27.4 Å². The molecule has 5 nitrogen and oxygen atoms in total. The van der Waals surface area contributed by atoms with E-state index in [9.17, 15) is 13.2 Å². The standard InChI is InChI=1S/C12H16Cl2N2O3S2/c1-7(20-3-4-21(2,18)19)12(17)16-11-9(14)5-8(13)6-10(11)15/h5-7H,3-4,15H2,1-2H3,(H,16,17). The summed E-state index contributed by atoms with van der Waals surface area (Å²) in [6, 6.07) is 2.97. The number of nitrogens with two attached hydrogens (primary N) is 1. The van der Waals surface area contributed by atoms with E-state index in [4.69, 9.17) is 28.9 Å². The van der Waals surface area contributed by atoms with Crippen LogP contribution in [0.25, 0.3) is 0 Å². The highest BCUT2D eigenvalue weighted by atomic mass is 35.5. The topological polar surface area (TPSA) is 89.3 Å². The van der Waals surface area contributed by atoms with Gasteiger partial charge in [0.1, 0.15) is 9.84 Å². The molecule has 0 saturated heterocycles. The maximum atomic E-state index is 12.0. The maximum absolute atomic E-state index is 12.0. The Labute approximate surface area is 138 Å². The Morgan fingerprint density at radius 3 is 2.57 bits per heavy atom. The van der Waals surface area contributed by atoms with Crippen LogP contribution in [0, 0.1) is 0 Å². The first-order valence-corrected chi connectivity index (χ1v) is 9.81. The lowest BCUT2D eigenvalue weighted by Gasteiger charge is -2.14. The van der Waals surface area contributed by atoms with E-state index in [1.54, 1.807) is 6.92 Å². The smallest absolute Gasteiger partial charge is 0.237 e.